The molecule has 1 saturated carbocycles. The first kappa shape index (κ1) is 32.0. The molecule has 3 aliphatic heterocycles. The molecule has 0 aromatic heterocycles. The standard InChI is InChI=1S/C38H43N3O7/c1-24(2)34-38(44)41-30-20-33-32(47-23-48-33)19-29(30)35(31(41)22-46-18-8-7-17-39(34)36(42)27-13-14-27)40(37(43)26-9-5-4-6-10-26)21-25-11-15-28(45-3)16-12-25/h4-6,9-12,15-16,19-20,24,27,31,34-35H,7-8,13-14,17-18,21-23H2,1-3H3/t31-,34+,35+/m1/s1. The van der Waals surface area contributed by atoms with Crippen LogP contribution in [-0.2, 0) is 20.9 Å². The zero-order valence-corrected chi connectivity index (χ0v) is 27.8. The Morgan fingerprint density at radius 3 is 2.40 bits per heavy atom. The van der Waals surface area contributed by atoms with Gasteiger partial charge in [-0.3, -0.25) is 14.4 Å². The van der Waals surface area contributed by atoms with Crippen LogP contribution < -0.4 is 19.1 Å². The zero-order chi connectivity index (χ0) is 33.4. The molecule has 0 spiro atoms. The maximum Gasteiger partial charge on any atom is 0.254 e. The van der Waals surface area contributed by atoms with Crippen molar-refractivity contribution in [2.45, 2.75) is 64.2 Å². The lowest BCUT2D eigenvalue weighted by Crippen LogP contribution is -2.57. The van der Waals surface area contributed by atoms with Gasteiger partial charge in [0.15, 0.2) is 11.5 Å². The van der Waals surface area contributed by atoms with Gasteiger partial charge in [-0.1, -0.05) is 44.2 Å². The molecule has 1 saturated heterocycles. The number of amides is 3. The molecule has 3 aromatic rings. The SMILES string of the molecule is COc1ccc(CN(C(=O)c2ccccc2)[C@H]2c3cc4c(cc3N3C(=O)[C@H](C(C)C)N(C(=O)C5CC5)CCCCOC[C@H]23)OCO4)cc1. The normalized spacial score (nSPS) is 22.2. The summed E-state index contributed by atoms with van der Waals surface area (Å²) in [6.45, 7) is 5.54. The summed E-state index contributed by atoms with van der Waals surface area (Å²) < 4.78 is 23.4. The monoisotopic (exact) mass is 653 g/mol. The minimum Gasteiger partial charge on any atom is -0.497 e. The molecule has 3 aromatic carbocycles. The van der Waals surface area contributed by atoms with Gasteiger partial charge < -0.3 is 33.6 Å². The number of methoxy groups -OCH3 is 1. The molecule has 2 fully saturated rings. The van der Waals surface area contributed by atoms with Gasteiger partial charge in [-0.25, -0.2) is 0 Å². The van der Waals surface area contributed by atoms with E-state index in [1.165, 1.54) is 0 Å². The van der Waals surface area contributed by atoms with Crippen LogP contribution in [0.5, 0.6) is 17.2 Å². The van der Waals surface area contributed by atoms with Gasteiger partial charge in [0.05, 0.1) is 31.5 Å². The molecule has 0 unspecified atom stereocenters. The molecular weight excluding hydrogens is 610 g/mol. The second-order valence-electron chi connectivity index (χ2n) is 13.4. The molecule has 3 amide bonds. The zero-order valence-electron chi connectivity index (χ0n) is 27.8. The minimum atomic E-state index is -0.671. The molecule has 3 heterocycles. The summed E-state index contributed by atoms with van der Waals surface area (Å²) in [5.41, 5.74) is 2.87. The van der Waals surface area contributed by atoms with Crippen LogP contribution in [0.1, 0.15) is 67.1 Å². The van der Waals surface area contributed by atoms with Crippen LogP contribution >= 0.6 is 0 Å². The number of hydrogen-bond acceptors (Lipinski definition) is 7. The van der Waals surface area contributed by atoms with Crippen LogP contribution in [0.15, 0.2) is 66.7 Å². The Morgan fingerprint density at radius 1 is 0.979 bits per heavy atom. The number of anilines is 1. The van der Waals surface area contributed by atoms with E-state index in [1.807, 2.05) is 90.4 Å². The molecule has 0 radical (unpaired) electrons. The van der Waals surface area contributed by atoms with Crippen LogP contribution in [0.2, 0.25) is 0 Å². The van der Waals surface area contributed by atoms with Gasteiger partial charge in [0, 0.05) is 42.8 Å². The summed E-state index contributed by atoms with van der Waals surface area (Å²) in [6.07, 6.45) is 3.22. The number of fused-ring (bicyclic) bond motifs is 4. The lowest BCUT2D eigenvalue weighted by Gasteiger charge is -2.39. The molecule has 48 heavy (non-hydrogen) atoms. The Bertz CT molecular complexity index is 1660. The van der Waals surface area contributed by atoms with E-state index in [1.54, 1.807) is 12.0 Å². The number of hydrogen-bond donors (Lipinski definition) is 0. The van der Waals surface area contributed by atoms with Crippen molar-refractivity contribution < 1.29 is 33.3 Å². The van der Waals surface area contributed by atoms with E-state index in [2.05, 4.69) is 0 Å². The molecule has 0 bridgehead atoms. The molecular formula is C38H43N3O7. The number of ether oxygens (including phenoxy) is 4. The topological polar surface area (TPSA) is 97.9 Å². The maximum absolute atomic E-state index is 15.1. The second-order valence-corrected chi connectivity index (χ2v) is 13.4. The Balaban J connectivity index is 1.38. The van der Waals surface area contributed by atoms with Gasteiger partial charge in [-0.2, -0.15) is 0 Å². The first-order chi connectivity index (χ1) is 23.4. The van der Waals surface area contributed by atoms with Crippen molar-refractivity contribution >= 4 is 23.4 Å². The van der Waals surface area contributed by atoms with E-state index in [9.17, 15) is 9.59 Å². The number of benzene rings is 3. The predicted octanol–water partition coefficient (Wildman–Crippen LogP) is 5.60. The van der Waals surface area contributed by atoms with Gasteiger partial charge in [-0.15, -0.1) is 0 Å². The van der Waals surface area contributed by atoms with Crippen molar-refractivity contribution in [3.63, 3.8) is 0 Å². The van der Waals surface area contributed by atoms with Crippen molar-refractivity contribution in [1.82, 2.24) is 9.80 Å². The van der Waals surface area contributed by atoms with Crippen LogP contribution in [0.4, 0.5) is 5.69 Å². The van der Waals surface area contributed by atoms with Crippen molar-refractivity contribution in [1.29, 1.82) is 0 Å². The summed E-state index contributed by atoms with van der Waals surface area (Å²) in [7, 11) is 1.62. The molecule has 4 aliphatic rings. The van der Waals surface area contributed by atoms with Gasteiger partial charge in [-0.05, 0) is 67.5 Å². The van der Waals surface area contributed by atoms with Crippen molar-refractivity contribution in [3.05, 3.63) is 83.4 Å². The second kappa shape index (κ2) is 13.5. The lowest BCUT2D eigenvalue weighted by atomic mass is 9.97. The summed E-state index contributed by atoms with van der Waals surface area (Å²) in [5.74, 6) is 1.38. The molecule has 10 nitrogen and oxygen atoms in total. The first-order valence-electron chi connectivity index (χ1n) is 17.0. The lowest BCUT2D eigenvalue weighted by molar-refractivity contribution is -0.142. The molecule has 10 heteroatoms. The van der Waals surface area contributed by atoms with E-state index >= 15 is 4.79 Å². The number of carbonyl (C=O) groups is 3. The first-order valence-corrected chi connectivity index (χ1v) is 17.0. The fourth-order valence-corrected chi connectivity index (χ4v) is 7.28. The van der Waals surface area contributed by atoms with E-state index in [0.717, 1.165) is 42.6 Å². The Kier molecular flexibility index (Phi) is 9.00. The smallest absolute Gasteiger partial charge is 0.254 e. The van der Waals surface area contributed by atoms with Crippen LogP contribution in [0.25, 0.3) is 0 Å². The fourth-order valence-electron chi connectivity index (χ4n) is 7.28. The van der Waals surface area contributed by atoms with Crippen LogP contribution in [-0.4, -0.2) is 73.3 Å². The summed E-state index contributed by atoms with van der Waals surface area (Å²) in [5, 5.41) is 0. The average molecular weight is 654 g/mol. The van der Waals surface area contributed by atoms with Crippen molar-refractivity contribution in [2.24, 2.45) is 11.8 Å². The van der Waals surface area contributed by atoms with E-state index in [-0.39, 0.29) is 49.5 Å². The maximum atomic E-state index is 15.1. The highest BCUT2D eigenvalue weighted by Crippen LogP contribution is 2.50. The molecule has 1 aliphatic carbocycles. The van der Waals surface area contributed by atoms with Crippen LogP contribution in [0.3, 0.4) is 0 Å². The third kappa shape index (κ3) is 6.09. The highest BCUT2D eigenvalue weighted by atomic mass is 16.7. The third-order valence-electron chi connectivity index (χ3n) is 9.82. The van der Waals surface area contributed by atoms with Gasteiger partial charge >= 0.3 is 0 Å². The number of nitrogens with zero attached hydrogens (tertiary/aromatic N) is 3. The highest BCUT2D eigenvalue weighted by Gasteiger charge is 2.51. The highest BCUT2D eigenvalue weighted by molar-refractivity contribution is 6.03. The number of carbonyl (C=O) groups excluding carboxylic acids is 3. The fraction of sp³-hybridized carbons (Fsp3) is 0.447. The van der Waals surface area contributed by atoms with Gasteiger partial charge in [0.2, 0.25) is 18.6 Å². The van der Waals surface area contributed by atoms with Gasteiger partial charge in [0.25, 0.3) is 5.91 Å². The Morgan fingerprint density at radius 2 is 1.71 bits per heavy atom. The quantitative estimate of drug-likeness (QED) is 0.328. The molecule has 252 valence electrons. The summed E-state index contributed by atoms with van der Waals surface area (Å²) in [4.78, 5) is 49.0. The Hall–Kier alpha value is -4.57. The van der Waals surface area contributed by atoms with E-state index in [0.29, 0.717) is 35.9 Å². The molecule has 0 N–H and O–H groups in total. The summed E-state index contributed by atoms with van der Waals surface area (Å²) in [6, 6.07) is 18.8. The van der Waals surface area contributed by atoms with E-state index < -0.39 is 18.1 Å². The summed E-state index contributed by atoms with van der Waals surface area (Å²) >= 11 is 0. The number of rotatable bonds is 7. The third-order valence-corrected chi connectivity index (χ3v) is 9.82. The molecule has 3 atom stereocenters. The average Bonchev–Trinajstić information content (AvgIpc) is 3.78. The predicted molar refractivity (Wildman–Crippen MR) is 179 cm³/mol. The van der Waals surface area contributed by atoms with E-state index in [4.69, 9.17) is 18.9 Å². The van der Waals surface area contributed by atoms with Crippen molar-refractivity contribution in [3.8, 4) is 17.2 Å². The molecule has 7 rings (SSSR count). The minimum absolute atomic E-state index is 0.0212. The van der Waals surface area contributed by atoms with Crippen molar-refractivity contribution in [2.75, 3.05) is 38.6 Å². The largest absolute Gasteiger partial charge is 0.497 e. The van der Waals surface area contributed by atoms with Gasteiger partial charge in [0.1, 0.15) is 11.8 Å². The van der Waals surface area contributed by atoms with Crippen LogP contribution in [0, 0.1) is 11.8 Å². The Labute approximate surface area is 281 Å².